The average Bonchev–Trinajstić information content (AvgIpc) is 3.93. The van der Waals surface area contributed by atoms with E-state index in [0.717, 1.165) is 80.9 Å². The van der Waals surface area contributed by atoms with Crippen molar-refractivity contribution < 1.29 is 46.3 Å². The predicted molar refractivity (Wildman–Crippen MR) is 266 cm³/mol. The van der Waals surface area contributed by atoms with Crippen LogP contribution in [0.2, 0.25) is 10.0 Å². The summed E-state index contributed by atoms with van der Waals surface area (Å²) in [7, 11) is 0. The molecular formula is C49H54Br2Cl2N5O6S2-. The van der Waals surface area contributed by atoms with Crippen LogP contribution in [0.4, 0.5) is 0 Å². The van der Waals surface area contributed by atoms with Gasteiger partial charge in [-0.1, -0.05) is 96.1 Å². The minimum Gasteiger partial charge on any atom is -1.00 e. The van der Waals surface area contributed by atoms with E-state index in [9.17, 15) is 9.59 Å². The molecule has 0 spiro atoms. The number of aliphatic carboxylic acids is 2. The summed E-state index contributed by atoms with van der Waals surface area (Å²) in [6, 6.07) is 23.9. The van der Waals surface area contributed by atoms with Crippen molar-refractivity contribution >= 4 is 74.8 Å². The number of halogens is 4. The second-order valence-corrected chi connectivity index (χ2v) is 19.6. The molecule has 4 aromatic carbocycles. The zero-order valence-corrected chi connectivity index (χ0v) is 44.0. The van der Waals surface area contributed by atoms with Gasteiger partial charge in [0.05, 0.1) is 34.1 Å². The van der Waals surface area contributed by atoms with Gasteiger partial charge >= 0.3 is 11.9 Å². The summed E-state index contributed by atoms with van der Waals surface area (Å²) in [6.07, 6.45) is 4.32. The molecule has 1 aliphatic carbocycles. The third-order valence-electron chi connectivity index (χ3n) is 11.4. The number of ether oxygens (including phenoxy) is 2. The number of carbonyl (C=O) groups is 2. The first-order valence-electron chi connectivity index (χ1n) is 21.7. The molecule has 2 N–H and O–H groups in total. The smallest absolute Gasteiger partial charge is 0.309 e. The number of carboxylic acids is 2. The van der Waals surface area contributed by atoms with Crippen LogP contribution in [0.25, 0.3) is 42.3 Å². The van der Waals surface area contributed by atoms with Gasteiger partial charge in [0.15, 0.2) is 0 Å². The molecule has 1 saturated carbocycles. The molecule has 2 aromatic heterocycles. The standard InChI is InChI=1S/C25H27ClN2O3S.C24H26ClN3O3S.2BrH/c1-4-19-16(10-15-11-18(12-15)25(29)30)6-5-7-20(19)24-28-27-23(32-24)17-8-9-22(21(26)13-17)31-14(2)3;1-4-18-16(11-28-12-17(13-28)24(29)30)6-5-7-19(18)23-27-26-22(32-23)15-8-9-21(20(25)10-15)31-14(2)3;;/h5-9,13-15,18H,4,10-12H2,1-3H3,(H,29,30);5-10,14,17H,4,11-13H2,1-3H3,(H,29,30);2*1H/p-1. The molecule has 3 heterocycles. The Bertz CT molecular complexity index is 2440. The van der Waals surface area contributed by atoms with Crippen LogP contribution in [0.1, 0.15) is 76.6 Å². The van der Waals surface area contributed by atoms with Crippen molar-refractivity contribution in [2.75, 3.05) is 13.1 Å². The summed E-state index contributed by atoms with van der Waals surface area (Å²) < 4.78 is 11.4. The normalized spacial score (nSPS) is 15.7. The lowest BCUT2D eigenvalue weighted by Crippen LogP contribution is -3.00. The van der Waals surface area contributed by atoms with E-state index in [0.29, 0.717) is 40.6 Å². The van der Waals surface area contributed by atoms with Gasteiger partial charge in [-0.05, 0) is 124 Å². The second-order valence-electron chi connectivity index (χ2n) is 16.8. The lowest BCUT2D eigenvalue weighted by atomic mass is 9.71. The van der Waals surface area contributed by atoms with E-state index in [4.69, 9.17) is 42.9 Å². The lowest BCUT2D eigenvalue weighted by molar-refractivity contribution is -0.148. The summed E-state index contributed by atoms with van der Waals surface area (Å²) >= 11 is 15.9. The number of nitrogens with zero attached hydrogens (tertiary/aromatic N) is 5. The fraction of sp³-hybridized carbons (Fsp3) is 0.388. The zero-order chi connectivity index (χ0) is 45.7. The number of aromatic nitrogens is 4. The van der Waals surface area contributed by atoms with Gasteiger partial charge in [-0.2, -0.15) is 0 Å². The van der Waals surface area contributed by atoms with Crippen LogP contribution in [0.3, 0.4) is 0 Å². The molecular weight excluding hydrogens is 1050 g/mol. The van der Waals surface area contributed by atoms with E-state index in [1.165, 1.54) is 33.6 Å². The molecule has 1 saturated heterocycles. The van der Waals surface area contributed by atoms with Crippen LogP contribution in [0.15, 0.2) is 72.8 Å². The first kappa shape index (κ1) is 53.0. The summed E-state index contributed by atoms with van der Waals surface area (Å²) in [5.41, 5.74) is 9.00. The quantitative estimate of drug-likeness (QED) is 0.0956. The van der Waals surface area contributed by atoms with Crippen LogP contribution in [-0.4, -0.2) is 72.7 Å². The number of carboxylic acid groups (broad SMARTS) is 2. The number of likely N-dealkylation sites (tertiary alicyclic amines) is 1. The van der Waals surface area contributed by atoms with Crippen LogP contribution < -0.4 is 26.5 Å². The molecule has 0 atom stereocenters. The molecule has 6 aromatic rings. The van der Waals surface area contributed by atoms with Gasteiger partial charge in [0.1, 0.15) is 31.5 Å². The molecule has 66 heavy (non-hydrogen) atoms. The Morgan fingerprint density at radius 3 is 1.55 bits per heavy atom. The maximum atomic E-state index is 11.1. The van der Waals surface area contributed by atoms with Gasteiger partial charge in [0.2, 0.25) is 0 Å². The van der Waals surface area contributed by atoms with Crippen LogP contribution in [-0.2, 0) is 35.4 Å². The first-order chi connectivity index (χ1) is 30.7. The van der Waals surface area contributed by atoms with Crippen LogP contribution in [0.5, 0.6) is 11.5 Å². The zero-order valence-electron chi connectivity index (χ0n) is 37.6. The molecule has 0 amide bonds. The summed E-state index contributed by atoms with van der Waals surface area (Å²) in [5.74, 6) is -0.0480. The van der Waals surface area contributed by atoms with Crippen molar-refractivity contribution in [3.63, 3.8) is 0 Å². The van der Waals surface area contributed by atoms with Gasteiger partial charge in [-0.15, -0.1) is 37.4 Å². The molecule has 2 aliphatic rings. The van der Waals surface area contributed by atoms with Crippen molar-refractivity contribution in [2.45, 2.75) is 92.4 Å². The Morgan fingerprint density at radius 2 is 1.12 bits per heavy atom. The third kappa shape index (κ3) is 12.8. The molecule has 1 aliphatic heterocycles. The Labute approximate surface area is 425 Å². The molecule has 11 nitrogen and oxygen atoms in total. The molecule has 0 bridgehead atoms. The second kappa shape index (κ2) is 23.9. The van der Waals surface area contributed by atoms with Crippen molar-refractivity contribution in [3.05, 3.63) is 105 Å². The third-order valence-corrected chi connectivity index (χ3v) is 14.0. The summed E-state index contributed by atoms with van der Waals surface area (Å²) in [6.45, 7) is 14.1. The number of hydrogen-bond donors (Lipinski definition) is 2. The van der Waals surface area contributed by atoms with Crippen molar-refractivity contribution in [1.82, 2.24) is 25.3 Å². The van der Waals surface area contributed by atoms with E-state index < -0.39 is 11.9 Å². The van der Waals surface area contributed by atoms with Gasteiger partial charge in [0.25, 0.3) is 0 Å². The Balaban J connectivity index is 0.000000240. The molecule has 0 radical (unpaired) electrons. The van der Waals surface area contributed by atoms with E-state index in [1.54, 1.807) is 11.3 Å². The van der Waals surface area contributed by atoms with Crippen molar-refractivity contribution in [3.8, 4) is 53.8 Å². The fourth-order valence-electron chi connectivity index (χ4n) is 8.22. The van der Waals surface area contributed by atoms with Gasteiger partial charge < -0.3 is 36.7 Å². The minimum atomic E-state index is -0.712. The molecule has 17 heteroatoms. The largest absolute Gasteiger partial charge is 1.00 e. The summed E-state index contributed by atoms with van der Waals surface area (Å²) in [5, 5.41) is 40.5. The van der Waals surface area contributed by atoms with Gasteiger partial charge in [-0.25, -0.2) is 0 Å². The lowest BCUT2D eigenvalue weighted by Gasteiger charge is -2.37. The Kier molecular flexibility index (Phi) is 19.2. The SMILES string of the molecule is Br.CCc1c(CC2CC(C(=O)O)C2)cccc1-c1nnc(-c2ccc(OC(C)C)c(Cl)c2)s1.CCc1c(CN2CC(C(=O)O)C2)cccc1-c1nnc(-c2ccc(OC(C)C)c(Cl)c2)s1.[Br-]. The molecule has 8 rings (SSSR count). The monoisotopic (exact) mass is 1100 g/mol. The highest BCUT2D eigenvalue weighted by molar-refractivity contribution is 8.93. The van der Waals surface area contributed by atoms with E-state index in [2.05, 4.69) is 69.5 Å². The average molecular weight is 1100 g/mol. The molecule has 0 unspecified atom stereocenters. The number of benzene rings is 4. The highest BCUT2D eigenvalue weighted by Gasteiger charge is 2.35. The van der Waals surface area contributed by atoms with Gasteiger partial charge in [0, 0.05) is 41.9 Å². The van der Waals surface area contributed by atoms with E-state index in [-0.39, 0.29) is 58.0 Å². The summed E-state index contributed by atoms with van der Waals surface area (Å²) in [4.78, 5) is 24.4. The highest BCUT2D eigenvalue weighted by Crippen LogP contribution is 2.41. The van der Waals surface area contributed by atoms with Crippen molar-refractivity contribution in [2.24, 2.45) is 17.8 Å². The van der Waals surface area contributed by atoms with E-state index >= 15 is 0 Å². The number of rotatable bonds is 16. The predicted octanol–water partition coefficient (Wildman–Crippen LogP) is 9.50. The van der Waals surface area contributed by atoms with Crippen LogP contribution in [0, 0.1) is 17.8 Å². The van der Waals surface area contributed by atoms with E-state index in [1.807, 2.05) is 70.2 Å². The highest BCUT2D eigenvalue weighted by atomic mass is 79.9. The first-order valence-corrected chi connectivity index (χ1v) is 24.1. The maximum Gasteiger partial charge on any atom is 0.309 e. The Morgan fingerprint density at radius 1 is 0.682 bits per heavy atom. The topological polar surface area (TPSA) is 148 Å². The van der Waals surface area contributed by atoms with Crippen LogP contribution >= 0.6 is 62.9 Å². The van der Waals surface area contributed by atoms with Gasteiger partial charge in [-0.3, -0.25) is 14.5 Å². The fourth-order valence-corrected chi connectivity index (χ4v) is 10.5. The minimum absolute atomic E-state index is 0. The number of hydrogen-bond acceptors (Lipinski definition) is 11. The molecule has 2 fully saturated rings. The molecule has 352 valence electrons. The Hall–Kier alpha value is -3.96. The van der Waals surface area contributed by atoms with Crippen molar-refractivity contribution in [1.29, 1.82) is 0 Å². The maximum absolute atomic E-state index is 11.1.